The van der Waals surface area contributed by atoms with Crippen LogP contribution >= 0.6 is 0 Å². The third-order valence-electron chi connectivity index (χ3n) is 6.28. The summed E-state index contributed by atoms with van der Waals surface area (Å²) in [6.07, 6.45) is 3.12. The van der Waals surface area contributed by atoms with Crippen molar-refractivity contribution in [2.24, 2.45) is 11.3 Å². The number of hydrazine groups is 1. The first-order chi connectivity index (χ1) is 12.9. The normalized spacial score (nSPS) is 31.0. The first kappa shape index (κ1) is 19.8. The Hall–Kier alpha value is -1.92. The second-order valence-corrected chi connectivity index (χ2v) is 8.24. The maximum Gasteiger partial charge on any atom is 0.311 e. The number of hydrogen-bond acceptors (Lipinski definition) is 4. The predicted molar refractivity (Wildman–Crippen MR) is 104 cm³/mol. The number of hydrogen-bond donors (Lipinski definition) is 3. The van der Waals surface area contributed by atoms with Crippen molar-refractivity contribution in [3.63, 3.8) is 0 Å². The Morgan fingerprint density at radius 1 is 1.19 bits per heavy atom. The second kappa shape index (κ2) is 8.40. The van der Waals surface area contributed by atoms with Crippen LogP contribution in [0.15, 0.2) is 30.3 Å². The van der Waals surface area contributed by atoms with E-state index in [9.17, 15) is 14.7 Å². The highest BCUT2D eigenvalue weighted by Gasteiger charge is 2.43. The van der Waals surface area contributed by atoms with E-state index in [-0.39, 0.29) is 5.91 Å². The van der Waals surface area contributed by atoms with Crippen molar-refractivity contribution in [1.82, 2.24) is 15.8 Å². The maximum absolute atomic E-state index is 12.8. The molecule has 3 unspecified atom stereocenters. The molecule has 0 radical (unpaired) electrons. The number of carboxylic acid groups (broad SMARTS) is 1. The fourth-order valence-corrected chi connectivity index (χ4v) is 4.58. The van der Waals surface area contributed by atoms with Gasteiger partial charge in [-0.1, -0.05) is 30.3 Å². The average molecular weight is 373 g/mol. The number of likely N-dealkylation sites (tertiary alicyclic amines) is 1. The van der Waals surface area contributed by atoms with Gasteiger partial charge in [0.15, 0.2) is 0 Å². The minimum absolute atomic E-state index is 0.0830. The number of carbonyl (C=O) groups excluding carboxylic acids is 1. The monoisotopic (exact) mass is 373 g/mol. The van der Waals surface area contributed by atoms with Crippen molar-refractivity contribution in [2.75, 3.05) is 13.1 Å². The third-order valence-corrected chi connectivity index (χ3v) is 6.28. The molecule has 6 heteroatoms. The summed E-state index contributed by atoms with van der Waals surface area (Å²) in [4.78, 5) is 26.8. The van der Waals surface area contributed by atoms with Gasteiger partial charge in [-0.05, 0) is 51.0 Å². The molecule has 148 valence electrons. The lowest BCUT2D eigenvalue weighted by Gasteiger charge is -2.40. The van der Waals surface area contributed by atoms with E-state index in [0.29, 0.717) is 50.4 Å². The van der Waals surface area contributed by atoms with Crippen LogP contribution in [0.5, 0.6) is 0 Å². The van der Waals surface area contributed by atoms with E-state index >= 15 is 0 Å². The minimum atomic E-state index is -0.883. The van der Waals surface area contributed by atoms with Crippen LogP contribution in [-0.2, 0) is 16.0 Å². The van der Waals surface area contributed by atoms with Gasteiger partial charge in [0.25, 0.3) is 0 Å². The first-order valence-corrected chi connectivity index (χ1v) is 9.97. The number of amides is 1. The zero-order valence-corrected chi connectivity index (χ0v) is 16.3. The highest BCUT2D eigenvalue weighted by Crippen LogP contribution is 2.35. The van der Waals surface area contributed by atoms with E-state index in [1.165, 1.54) is 0 Å². The Balaban J connectivity index is 1.64. The number of carboxylic acids is 1. The Kier molecular flexibility index (Phi) is 6.17. The van der Waals surface area contributed by atoms with Crippen LogP contribution in [0.3, 0.4) is 0 Å². The molecule has 1 aromatic carbocycles. The standard InChI is InChI=1S/C21H31N3O3/c1-15-18(16(2)23-22-15)9-10-19(25)24-12-6-11-21(14-24,20(26)27)13-17-7-4-3-5-8-17/h3-5,7-8,15-16,18,22-23H,6,9-14H2,1-2H3,(H,26,27). The molecule has 27 heavy (non-hydrogen) atoms. The maximum atomic E-state index is 12.8. The molecule has 2 heterocycles. The molecule has 2 aliphatic heterocycles. The fourth-order valence-electron chi connectivity index (χ4n) is 4.58. The minimum Gasteiger partial charge on any atom is -0.481 e. The molecule has 2 fully saturated rings. The van der Waals surface area contributed by atoms with E-state index in [1.807, 2.05) is 30.3 Å². The number of nitrogens with zero attached hydrogens (tertiary/aromatic N) is 1. The number of aliphatic carboxylic acids is 1. The molecular weight excluding hydrogens is 342 g/mol. The van der Waals surface area contributed by atoms with Crippen molar-refractivity contribution < 1.29 is 14.7 Å². The third kappa shape index (κ3) is 4.50. The van der Waals surface area contributed by atoms with Gasteiger partial charge in [0, 0.05) is 31.6 Å². The predicted octanol–water partition coefficient (Wildman–Crippen LogP) is 2.20. The molecule has 0 spiro atoms. The average Bonchev–Trinajstić information content (AvgIpc) is 2.98. The zero-order valence-electron chi connectivity index (χ0n) is 16.3. The molecular formula is C21H31N3O3. The molecule has 3 rings (SSSR count). The lowest BCUT2D eigenvalue weighted by atomic mass is 9.75. The van der Waals surface area contributed by atoms with Crippen molar-refractivity contribution in [2.45, 2.75) is 58.0 Å². The SMILES string of the molecule is CC1NNC(C)C1CCC(=O)N1CCCC(Cc2ccccc2)(C(=O)O)C1. The quantitative estimate of drug-likeness (QED) is 0.712. The van der Waals surface area contributed by atoms with Crippen LogP contribution in [0.1, 0.15) is 45.1 Å². The molecule has 2 saturated heterocycles. The van der Waals surface area contributed by atoms with Crippen LogP contribution in [0, 0.1) is 11.3 Å². The van der Waals surface area contributed by atoms with Gasteiger partial charge in [0.2, 0.25) is 5.91 Å². The highest BCUT2D eigenvalue weighted by molar-refractivity contribution is 5.80. The van der Waals surface area contributed by atoms with Gasteiger partial charge in [0.1, 0.15) is 0 Å². The van der Waals surface area contributed by atoms with E-state index in [4.69, 9.17) is 0 Å². The van der Waals surface area contributed by atoms with Gasteiger partial charge in [-0.25, -0.2) is 0 Å². The molecule has 1 amide bonds. The number of piperidine rings is 1. The smallest absolute Gasteiger partial charge is 0.311 e. The van der Waals surface area contributed by atoms with Crippen molar-refractivity contribution >= 4 is 11.9 Å². The second-order valence-electron chi connectivity index (χ2n) is 8.24. The van der Waals surface area contributed by atoms with Crippen LogP contribution < -0.4 is 10.9 Å². The molecule has 3 atom stereocenters. The summed E-state index contributed by atoms with van der Waals surface area (Å²) in [5.74, 6) is -0.303. The molecule has 0 saturated carbocycles. The summed E-state index contributed by atoms with van der Waals surface area (Å²) < 4.78 is 0. The molecule has 0 aromatic heterocycles. The van der Waals surface area contributed by atoms with E-state index in [1.54, 1.807) is 4.90 Å². The fraction of sp³-hybridized carbons (Fsp3) is 0.619. The molecule has 0 aliphatic carbocycles. The summed E-state index contributed by atoms with van der Waals surface area (Å²) in [5.41, 5.74) is 6.58. The molecule has 3 N–H and O–H groups in total. The van der Waals surface area contributed by atoms with Crippen LogP contribution in [0.4, 0.5) is 0 Å². The van der Waals surface area contributed by atoms with Gasteiger partial charge in [0.05, 0.1) is 5.41 Å². The van der Waals surface area contributed by atoms with Crippen molar-refractivity contribution in [3.05, 3.63) is 35.9 Å². The van der Waals surface area contributed by atoms with Gasteiger partial charge >= 0.3 is 5.97 Å². The number of benzene rings is 1. The molecule has 6 nitrogen and oxygen atoms in total. The summed E-state index contributed by atoms with van der Waals surface area (Å²) in [6.45, 7) is 5.22. The van der Waals surface area contributed by atoms with Crippen LogP contribution in [0.2, 0.25) is 0 Å². The van der Waals surface area contributed by atoms with Gasteiger partial charge in [-0.2, -0.15) is 0 Å². The number of rotatable bonds is 6. The van der Waals surface area contributed by atoms with Crippen LogP contribution in [-0.4, -0.2) is 47.1 Å². The van der Waals surface area contributed by atoms with E-state index in [0.717, 1.165) is 18.4 Å². The van der Waals surface area contributed by atoms with E-state index < -0.39 is 11.4 Å². The first-order valence-electron chi connectivity index (χ1n) is 9.97. The van der Waals surface area contributed by atoms with Gasteiger partial charge in [-0.15, -0.1) is 0 Å². The Bertz CT molecular complexity index is 656. The topological polar surface area (TPSA) is 81.7 Å². The summed E-state index contributed by atoms with van der Waals surface area (Å²) >= 11 is 0. The number of nitrogens with one attached hydrogen (secondary N) is 2. The van der Waals surface area contributed by atoms with Crippen LogP contribution in [0.25, 0.3) is 0 Å². The Labute approximate surface area is 161 Å². The zero-order chi connectivity index (χ0) is 19.4. The molecule has 1 aromatic rings. The van der Waals surface area contributed by atoms with E-state index in [2.05, 4.69) is 24.7 Å². The lowest BCUT2D eigenvalue weighted by Crippen LogP contribution is -2.51. The lowest BCUT2D eigenvalue weighted by molar-refractivity contribution is -0.155. The number of carbonyl (C=O) groups is 2. The largest absolute Gasteiger partial charge is 0.481 e. The van der Waals surface area contributed by atoms with Gasteiger partial charge < -0.3 is 10.0 Å². The van der Waals surface area contributed by atoms with Crippen molar-refractivity contribution in [1.29, 1.82) is 0 Å². The molecule has 2 aliphatic rings. The highest BCUT2D eigenvalue weighted by atomic mass is 16.4. The summed E-state index contributed by atoms with van der Waals surface area (Å²) in [7, 11) is 0. The molecule has 0 bridgehead atoms. The van der Waals surface area contributed by atoms with Gasteiger partial charge in [-0.3, -0.25) is 20.4 Å². The Morgan fingerprint density at radius 2 is 1.85 bits per heavy atom. The Morgan fingerprint density at radius 3 is 2.48 bits per heavy atom. The van der Waals surface area contributed by atoms with Crippen molar-refractivity contribution in [3.8, 4) is 0 Å². The summed E-state index contributed by atoms with van der Waals surface area (Å²) in [6, 6.07) is 10.4. The summed E-state index contributed by atoms with van der Waals surface area (Å²) in [5, 5.41) is 9.97.